The molecule has 29 heavy (non-hydrogen) atoms. The van der Waals surface area contributed by atoms with Crippen molar-refractivity contribution >= 4 is 17.7 Å². The summed E-state index contributed by atoms with van der Waals surface area (Å²) in [5.41, 5.74) is 0.901. The van der Waals surface area contributed by atoms with Crippen molar-refractivity contribution in [1.29, 1.82) is 0 Å². The van der Waals surface area contributed by atoms with Crippen LogP contribution in [0.2, 0.25) is 5.02 Å². The maximum Gasteiger partial charge on any atom is 0.410 e. The largest absolute Gasteiger partial charge is 0.444 e. The molecule has 0 aromatic heterocycles. The number of piperidine rings is 1. The predicted molar refractivity (Wildman–Crippen MR) is 119 cm³/mol. The number of amides is 1. The minimum absolute atomic E-state index is 0.177. The third kappa shape index (κ3) is 6.59. The normalized spacial score (nSPS) is 23.1. The van der Waals surface area contributed by atoms with E-state index in [1.165, 1.54) is 12.0 Å². The molecule has 1 atom stereocenters. The highest BCUT2D eigenvalue weighted by Gasteiger charge is 2.33. The van der Waals surface area contributed by atoms with E-state index in [4.69, 9.17) is 16.3 Å². The fourth-order valence-electron chi connectivity index (χ4n) is 4.52. The Hall–Kier alpha value is -1.30. The Morgan fingerprint density at radius 3 is 2.38 bits per heavy atom. The first-order valence-electron chi connectivity index (χ1n) is 10.9. The molecule has 1 aromatic carbocycles. The lowest BCUT2D eigenvalue weighted by Crippen LogP contribution is -2.52. The Morgan fingerprint density at radius 2 is 1.76 bits per heavy atom. The topological polar surface area (TPSA) is 36.0 Å². The second-order valence-corrected chi connectivity index (χ2v) is 9.97. The van der Waals surface area contributed by atoms with Gasteiger partial charge in [-0.2, -0.15) is 0 Å². The lowest BCUT2D eigenvalue weighted by Gasteiger charge is -2.42. The van der Waals surface area contributed by atoms with Gasteiger partial charge in [-0.1, -0.05) is 23.7 Å². The molecule has 0 saturated carbocycles. The van der Waals surface area contributed by atoms with Gasteiger partial charge in [0, 0.05) is 43.3 Å². The summed E-state index contributed by atoms with van der Waals surface area (Å²) in [5, 5.41) is 0.790. The smallest absolute Gasteiger partial charge is 0.410 e. The van der Waals surface area contributed by atoms with E-state index in [1.807, 2.05) is 37.8 Å². The van der Waals surface area contributed by atoms with E-state index < -0.39 is 5.60 Å². The Kier molecular flexibility index (Phi) is 7.47. The molecular formula is C23H36ClN3O2. The van der Waals surface area contributed by atoms with Gasteiger partial charge in [0.15, 0.2) is 0 Å². The van der Waals surface area contributed by atoms with Crippen LogP contribution in [-0.4, -0.2) is 78.2 Å². The van der Waals surface area contributed by atoms with Gasteiger partial charge in [0.25, 0.3) is 0 Å². The fourth-order valence-corrected chi connectivity index (χ4v) is 4.65. The van der Waals surface area contributed by atoms with E-state index in [9.17, 15) is 4.79 Å². The van der Waals surface area contributed by atoms with Crippen LogP contribution in [-0.2, 0) is 11.2 Å². The maximum absolute atomic E-state index is 12.4. The quantitative estimate of drug-likeness (QED) is 0.729. The van der Waals surface area contributed by atoms with Crippen LogP contribution in [0, 0.1) is 0 Å². The lowest BCUT2D eigenvalue weighted by atomic mass is 9.97. The lowest BCUT2D eigenvalue weighted by molar-refractivity contribution is 0.0110. The molecule has 0 spiro atoms. The molecule has 1 aromatic rings. The molecule has 2 heterocycles. The highest BCUT2D eigenvalue weighted by Crippen LogP contribution is 2.25. The summed E-state index contributed by atoms with van der Waals surface area (Å²) in [6.07, 6.45) is 4.08. The molecule has 2 aliphatic heterocycles. The van der Waals surface area contributed by atoms with Crippen molar-refractivity contribution in [3.8, 4) is 0 Å². The molecule has 0 radical (unpaired) electrons. The van der Waals surface area contributed by atoms with Crippen LogP contribution in [0.15, 0.2) is 24.3 Å². The Balaban J connectivity index is 1.63. The SMILES string of the molecule is CN1CCCN(C2CCN(C(=O)OC(C)(C)C)CC2)C(Cc2ccc(Cl)cc2)C1. The minimum Gasteiger partial charge on any atom is -0.444 e. The summed E-state index contributed by atoms with van der Waals surface area (Å²) >= 11 is 6.07. The van der Waals surface area contributed by atoms with Gasteiger partial charge in [-0.25, -0.2) is 4.79 Å². The van der Waals surface area contributed by atoms with Gasteiger partial charge >= 0.3 is 6.09 Å². The molecule has 1 unspecified atom stereocenters. The van der Waals surface area contributed by atoms with E-state index in [2.05, 4.69) is 29.0 Å². The third-order valence-electron chi connectivity index (χ3n) is 5.92. The van der Waals surface area contributed by atoms with E-state index in [0.717, 1.165) is 57.0 Å². The van der Waals surface area contributed by atoms with Gasteiger partial charge in [-0.3, -0.25) is 4.90 Å². The summed E-state index contributed by atoms with van der Waals surface area (Å²) < 4.78 is 5.56. The average Bonchev–Trinajstić information content (AvgIpc) is 2.83. The van der Waals surface area contributed by atoms with Crippen molar-refractivity contribution in [2.45, 2.75) is 64.1 Å². The monoisotopic (exact) mass is 421 g/mol. The molecule has 2 fully saturated rings. The van der Waals surface area contributed by atoms with Crippen LogP contribution in [0.5, 0.6) is 0 Å². The molecule has 5 nitrogen and oxygen atoms in total. The number of hydrogen-bond donors (Lipinski definition) is 0. The summed E-state index contributed by atoms with van der Waals surface area (Å²) in [6, 6.07) is 9.29. The average molecular weight is 422 g/mol. The number of likely N-dealkylation sites (N-methyl/N-ethyl adjacent to an activating group) is 1. The van der Waals surface area contributed by atoms with Crippen molar-refractivity contribution in [2.24, 2.45) is 0 Å². The van der Waals surface area contributed by atoms with Gasteiger partial charge in [0.1, 0.15) is 5.60 Å². The molecule has 2 saturated heterocycles. The van der Waals surface area contributed by atoms with Crippen molar-refractivity contribution in [2.75, 3.05) is 39.8 Å². The number of ether oxygens (including phenoxy) is 1. The molecule has 0 N–H and O–H groups in total. The molecule has 0 aliphatic carbocycles. The van der Waals surface area contributed by atoms with Gasteiger partial charge in [0.2, 0.25) is 0 Å². The molecule has 6 heteroatoms. The predicted octanol–water partition coefficient (Wildman–Crippen LogP) is 4.29. The number of halogens is 1. The number of hydrogen-bond acceptors (Lipinski definition) is 4. The van der Waals surface area contributed by atoms with Crippen molar-refractivity contribution in [3.63, 3.8) is 0 Å². The first-order valence-corrected chi connectivity index (χ1v) is 11.3. The van der Waals surface area contributed by atoms with Gasteiger partial charge in [-0.15, -0.1) is 0 Å². The highest BCUT2D eigenvalue weighted by atomic mass is 35.5. The van der Waals surface area contributed by atoms with E-state index in [-0.39, 0.29) is 6.09 Å². The molecule has 3 rings (SSSR count). The molecule has 162 valence electrons. The summed E-state index contributed by atoms with van der Waals surface area (Å²) in [6.45, 7) is 10.7. The number of carbonyl (C=O) groups excluding carboxylic acids is 1. The third-order valence-corrected chi connectivity index (χ3v) is 6.17. The number of nitrogens with zero attached hydrogens (tertiary/aromatic N) is 3. The first kappa shape index (κ1) is 22.4. The zero-order chi connectivity index (χ0) is 21.0. The Bertz CT molecular complexity index is 666. The van der Waals surface area contributed by atoms with Gasteiger partial charge in [-0.05, 0) is 77.7 Å². The summed E-state index contributed by atoms with van der Waals surface area (Å²) in [7, 11) is 2.23. The van der Waals surface area contributed by atoms with Crippen LogP contribution in [0.1, 0.15) is 45.6 Å². The highest BCUT2D eigenvalue weighted by molar-refractivity contribution is 6.30. The van der Waals surface area contributed by atoms with E-state index >= 15 is 0 Å². The zero-order valence-corrected chi connectivity index (χ0v) is 19.1. The number of likely N-dealkylation sites (tertiary alicyclic amines) is 1. The number of benzene rings is 1. The Labute approximate surface area is 180 Å². The second-order valence-electron chi connectivity index (χ2n) is 9.54. The van der Waals surface area contributed by atoms with Gasteiger partial charge < -0.3 is 14.5 Å². The van der Waals surface area contributed by atoms with Gasteiger partial charge in [0.05, 0.1) is 0 Å². The summed E-state index contributed by atoms with van der Waals surface area (Å²) in [5.74, 6) is 0. The molecular weight excluding hydrogens is 386 g/mol. The maximum atomic E-state index is 12.4. The van der Waals surface area contributed by atoms with Crippen LogP contribution in [0.4, 0.5) is 4.79 Å². The standard InChI is InChI=1S/C23H36ClN3O2/c1-23(2,3)29-22(28)26-14-10-20(11-15-26)27-13-5-12-25(4)17-21(27)16-18-6-8-19(24)9-7-18/h6-9,20-21H,5,10-17H2,1-4H3. The fraction of sp³-hybridized carbons (Fsp3) is 0.696. The molecule has 0 bridgehead atoms. The second kappa shape index (κ2) is 9.67. The van der Waals surface area contributed by atoms with Crippen molar-refractivity contribution in [3.05, 3.63) is 34.9 Å². The zero-order valence-electron chi connectivity index (χ0n) is 18.4. The van der Waals surface area contributed by atoms with Crippen molar-refractivity contribution < 1.29 is 9.53 Å². The molecule has 1 amide bonds. The van der Waals surface area contributed by atoms with E-state index in [0.29, 0.717) is 12.1 Å². The van der Waals surface area contributed by atoms with E-state index in [1.54, 1.807) is 0 Å². The van der Waals surface area contributed by atoms with Crippen molar-refractivity contribution in [1.82, 2.24) is 14.7 Å². The minimum atomic E-state index is -0.438. The van der Waals surface area contributed by atoms with Crippen LogP contribution in [0.25, 0.3) is 0 Å². The van der Waals surface area contributed by atoms with Crippen LogP contribution < -0.4 is 0 Å². The number of rotatable bonds is 3. The first-order chi connectivity index (χ1) is 13.7. The van der Waals surface area contributed by atoms with Crippen LogP contribution >= 0.6 is 11.6 Å². The summed E-state index contributed by atoms with van der Waals surface area (Å²) in [4.78, 5) is 19.4. The van der Waals surface area contributed by atoms with Crippen LogP contribution in [0.3, 0.4) is 0 Å². The Morgan fingerprint density at radius 1 is 1.10 bits per heavy atom. The molecule has 2 aliphatic rings. The number of carbonyl (C=O) groups is 1.